The molecule has 0 heterocycles. The lowest BCUT2D eigenvalue weighted by atomic mass is 9.82. The average molecular weight is 471 g/mol. The van der Waals surface area contributed by atoms with Crippen molar-refractivity contribution < 1.29 is 0 Å². The van der Waals surface area contributed by atoms with Gasteiger partial charge in [0.2, 0.25) is 0 Å². The van der Waals surface area contributed by atoms with Gasteiger partial charge in [0.05, 0.1) is 0 Å². The van der Waals surface area contributed by atoms with Crippen molar-refractivity contribution in [3.05, 3.63) is 144 Å². The molecule has 0 atom stereocenters. The Morgan fingerprint density at radius 1 is 0.541 bits per heavy atom. The third-order valence-electron chi connectivity index (χ3n) is 7.21. The third-order valence-corrected chi connectivity index (χ3v) is 7.21. The maximum Gasteiger partial charge on any atom is 0.113 e. The van der Waals surface area contributed by atoms with Gasteiger partial charge in [-0.3, -0.25) is 0 Å². The normalized spacial score (nSPS) is 12.7. The summed E-state index contributed by atoms with van der Waals surface area (Å²) in [5, 5.41) is 0. The van der Waals surface area contributed by atoms with Gasteiger partial charge in [-0.2, -0.15) is 0 Å². The molecule has 5 aromatic rings. The Labute approximate surface area is 220 Å². The fourth-order valence-electron chi connectivity index (χ4n) is 5.25. The lowest BCUT2D eigenvalue weighted by Crippen LogP contribution is -2.16. The molecule has 0 unspecified atom stereocenters. The minimum Gasteiger partial charge on any atom is -0.310 e. The van der Waals surface area contributed by atoms with Gasteiger partial charge in [0.25, 0.3) is 0 Å². The monoisotopic (exact) mass is 471 g/mol. The van der Waals surface area contributed by atoms with Gasteiger partial charge in [0.15, 0.2) is 0 Å². The molecular formula is C35H26BN. The molecule has 0 aliphatic heterocycles. The van der Waals surface area contributed by atoms with Crippen LogP contribution in [0.5, 0.6) is 0 Å². The molecule has 2 heteroatoms. The molecule has 37 heavy (non-hydrogen) atoms. The van der Waals surface area contributed by atoms with Crippen LogP contribution in [0.4, 0.5) is 17.1 Å². The van der Waals surface area contributed by atoms with Gasteiger partial charge < -0.3 is 4.90 Å². The van der Waals surface area contributed by atoms with E-state index in [2.05, 4.69) is 128 Å². The second-order valence-electron chi connectivity index (χ2n) is 9.99. The van der Waals surface area contributed by atoms with Crippen LogP contribution in [-0.4, -0.2) is 7.85 Å². The summed E-state index contributed by atoms with van der Waals surface area (Å²) in [4.78, 5) is 2.32. The van der Waals surface area contributed by atoms with E-state index in [0.29, 0.717) is 0 Å². The van der Waals surface area contributed by atoms with Crippen molar-refractivity contribution in [2.75, 3.05) is 4.90 Å². The topological polar surface area (TPSA) is 3.24 Å². The summed E-state index contributed by atoms with van der Waals surface area (Å²) < 4.78 is 0. The number of nitrogens with zero attached hydrogens (tertiary/aromatic N) is 1. The second-order valence-corrected chi connectivity index (χ2v) is 9.99. The molecule has 1 nitrogen and oxygen atoms in total. The lowest BCUT2D eigenvalue weighted by Gasteiger charge is -2.28. The van der Waals surface area contributed by atoms with Crippen LogP contribution < -0.4 is 10.4 Å². The zero-order chi connectivity index (χ0) is 25.4. The van der Waals surface area contributed by atoms with E-state index < -0.39 is 0 Å². The summed E-state index contributed by atoms with van der Waals surface area (Å²) in [6.07, 6.45) is 0. The predicted octanol–water partition coefficient (Wildman–Crippen LogP) is 7.66. The molecule has 0 bridgehead atoms. The molecule has 5 aromatic carbocycles. The Morgan fingerprint density at radius 3 is 1.68 bits per heavy atom. The number of anilines is 3. The first-order valence-electron chi connectivity index (χ1n) is 12.6. The van der Waals surface area contributed by atoms with Gasteiger partial charge in [-0.1, -0.05) is 91.8 Å². The van der Waals surface area contributed by atoms with E-state index in [1.807, 2.05) is 24.3 Å². The highest BCUT2D eigenvalue weighted by Crippen LogP contribution is 2.50. The number of hydrogen-bond acceptors (Lipinski definition) is 1. The zero-order valence-electron chi connectivity index (χ0n) is 21.1. The Kier molecular flexibility index (Phi) is 5.70. The summed E-state index contributed by atoms with van der Waals surface area (Å²) in [7, 11) is 5.81. The molecule has 0 fully saturated rings. The van der Waals surface area contributed by atoms with E-state index in [-0.39, 0.29) is 5.41 Å². The first kappa shape index (κ1) is 23.0. The van der Waals surface area contributed by atoms with Gasteiger partial charge in [-0.05, 0) is 82.9 Å². The smallest absolute Gasteiger partial charge is 0.113 e. The number of fused-ring (bicyclic) bond motifs is 3. The molecule has 1 aliphatic rings. The number of benzene rings is 5. The Hall–Kier alpha value is -4.48. The summed E-state index contributed by atoms with van der Waals surface area (Å²) in [6, 6.07) is 42.3. The zero-order valence-corrected chi connectivity index (χ0v) is 21.1. The molecule has 0 saturated carbocycles. The lowest BCUT2D eigenvalue weighted by molar-refractivity contribution is 0.660. The van der Waals surface area contributed by atoms with E-state index in [4.69, 9.17) is 7.85 Å². The van der Waals surface area contributed by atoms with Crippen LogP contribution in [-0.2, 0) is 5.41 Å². The minimum atomic E-state index is -0.140. The van der Waals surface area contributed by atoms with E-state index in [0.717, 1.165) is 33.7 Å². The third kappa shape index (κ3) is 4.24. The molecule has 6 rings (SSSR count). The van der Waals surface area contributed by atoms with Crippen molar-refractivity contribution in [2.24, 2.45) is 0 Å². The Bertz CT molecular complexity index is 1600. The molecular weight excluding hydrogens is 445 g/mol. The van der Waals surface area contributed by atoms with Crippen molar-refractivity contribution in [1.82, 2.24) is 0 Å². The molecule has 1 aliphatic carbocycles. The summed E-state index contributed by atoms with van der Waals surface area (Å²) in [5.74, 6) is 6.62. The van der Waals surface area contributed by atoms with Crippen LogP contribution in [0.1, 0.15) is 36.1 Å². The van der Waals surface area contributed by atoms with Crippen LogP contribution >= 0.6 is 0 Å². The summed E-state index contributed by atoms with van der Waals surface area (Å²) >= 11 is 0. The van der Waals surface area contributed by atoms with Crippen LogP contribution in [0, 0.1) is 11.8 Å². The standard InChI is InChI=1S/C35H26BN/c1-35(2)33-23-26(14-13-25-15-18-27(36)19-16-25)17-21-31(33)32-22-20-30(24-34(32)35)37(28-9-5-3-6-10-28)29-11-7-4-8-12-29/h3-12,15-24H,1-2H3. The predicted molar refractivity (Wildman–Crippen MR) is 156 cm³/mol. The first-order valence-corrected chi connectivity index (χ1v) is 12.6. The van der Waals surface area contributed by atoms with Gasteiger partial charge in [0, 0.05) is 33.6 Å². The average Bonchev–Trinajstić information content (AvgIpc) is 3.15. The van der Waals surface area contributed by atoms with E-state index in [1.54, 1.807) is 0 Å². The molecule has 2 radical (unpaired) electrons. The van der Waals surface area contributed by atoms with Crippen LogP contribution in [0.15, 0.2) is 121 Å². The van der Waals surface area contributed by atoms with Crippen LogP contribution in [0.25, 0.3) is 11.1 Å². The highest BCUT2D eigenvalue weighted by molar-refractivity contribution is 6.32. The number of para-hydroxylation sites is 2. The fraction of sp³-hybridized carbons (Fsp3) is 0.0857. The van der Waals surface area contributed by atoms with Gasteiger partial charge in [-0.15, -0.1) is 0 Å². The van der Waals surface area contributed by atoms with E-state index >= 15 is 0 Å². The van der Waals surface area contributed by atoms with Crippen molar-refractivity contribution in [2.45, 2.75) is 19.3 Å². The molecule has 0 N–H and O–H groups in total. The molecule has 174 valence electrons. The SMILES string of the molecule is [B]c1ccc(C#Cc2ccc3c(c2)C(C)(C)c2cc(N(c4ccccc4)c4ccccc4)ccc2-3)cc1. The molecule has 0 amide bonds. The van der Waals surface area contributed by atoms with Crippen LogP contribution in [0.3, 0.4) is 0 Å². The fourth-order valence-corrected chi connectivity index (χ4v) is 5.25. The maximum absolute atomic E-state index is 5.81. The molecule has 0 aromatic heterocycles. The number of rotatable bonds is 3. The molecule has 0 spiro atoms. The van der Waals surface area contributed by atoms with Crippen molar-refractivity contribution in [3.8, 4) is 23.0 Å². The first-order chi connectivity index (χ1) is 18.0. The largest absolute Gasteiger partial charge is 0.310 e. The molecule has 0 saturated heterocycles. The summed E-state index contributed by atoms with van der Waals surface area (Å²) in [5.41, 5.74) is 11.3. The highest BCUT2D eigenvalue weighted by atomic mass is 15.1. The van der Waals surface area contributed by atoms with E-state index in [9.17, 15) is 0 Å². The van der Waals surface area contributed by atoms with Crippen LogP contribution in [0.2, 0.25) is 0 Å². The number of hydrogen-bond donors (Lipinski definition) is 0. The highest BCUT2D eigenvalue weighted by Gasteiger charge is 2.36. The van der Waals surface area contributed by atoms with Gasteiger partial charge in [0.1, 0.15) is 7.85 Å². The van der Waals surface area contributed by atoms with E-state index in [1.165, 1.54) is 22.3 Å². The summed E-state index contributed by atoms with van der Waals surface area (Å²) in [6.45, 7) is 4.63. The van der Waals surface area contributed by atoms with Crippen molar-refractivity contribution >= 4 is 30.4 Å². The Morgan fingerprint density at radius 2 is 1.05 bits per heavy atom. The quantitative estimate of drug-likeness (QED) is 0.193. The maximum atomic E-state index is 5.81. The van der Waals surface area contributed by atoms with Gasteiger partial charge in [-0.25, -0.2) is 0 Å². The van der Waals surface area contributed by atoms with Crippen molar-refractivity contribution in [1.29, 1.82) is 0 Å². The second kappa shape index (κ2) is 9.19. The van der Waals surface area contributed by atoms with Crippen molar-refractivity contribution in [3.63, 3.8) is 0 Å². The van der Waals surface area contributed by atoms with Gasteiger partial charge >= 0.3 is 0 Å². The Balaban J connectivity index is 1.41. The minimum absolute atomic E-state index is 0.140.